The highest BCUT2D eigenvalue weighted by atomic mass is 16.5. The van der Waals surface area contributed by atoms with Gasteiger partial charge in [0.1, 0.15) is 5.82 Å². The molecule has 1 aliphatic heterocycles. The third kappa shape index (κ3) is 3.43. The molecular formula is C14H23N3O. The quantitative estimate of drug-likeness (QED) is 0.863. The number of anilines is 1. The van der Waals surface area contributed by atoms with Crippen LogP contribution in [0.4, 0.5) is 5.82 Å². The molecule has 0 aliphatic carbocycles. The molecular weight excluding hydrogens is 226 g/mol. The van der Waals surface area contributed by atoms with E-state index in [1.54, 1.807) is 0 Å². The Morgan fingerprint density at radius 1 is 1.50 bits per heavy atom. The first kappa shape index (κ1) is 13.3. The Morgan fingerprint density at radius 2 is 2.39 bits per heavy atom. The summed E-state index contributed by atoms with van der Waals surface area (Å²) in [6, 6.07) is 4.25. The van der Waals surface area contributed by atoms with E-state index in [-0.39, 0.29) is 0 Å². The minimum atomic E-state index is 0.363. The monoisotopic (exact) mass is 249 g/mol. The number of pyridine rings is 1. The van der Waals surface area contributed by atoms with Crippen molar-refractivity contribution in [1.82, 2.24) is 10.3 Å². The molecule has 4 nitrogen and oxygen atoms in total. The van der Waals surface area contributed by atoms with Crippen molar-refractivity contribution in [2.75, 3.05) is 31.6 Å². The summed E-state index contributed by atoms with van der Waals surface area (Å²) in [6.45, 7) is 5.78. The van der Waals surface area contributed by atoms with Gasteiger partial charge in [0.25, 0.3) is 0 Å². The number of aromatic nitrogens is 1. The molecule has 18 heavy (non-hydrogen) atoms. The molecule has 0 amide bonds. The van der Waals surface area contributed by atoms with Gasteiger partial charge in [-0.05, 0) is 38.4 Å². The largest absolute Gasteiger partial charge is 0.377 e. The number of rotatable bonds is 5. The fraction of sp³-hybridized carbons (Fsp3) is 0.643. The van der Waals surface area contributed by atoms with E-state index in [4.69, 9.17) is 4.74 Å². The van der Waals surface area contributed by atoms with Crippen LogP contribution in [0.5, 0.6) is 0 Å². The summed E-state index contributed by atoms with van der Waals surface area (Å²) in [5.74, 6) is 1.07. The molecule has 0 bridgehead atoms. The summed E-state index contributed by atoms with van der Waals surface area (Å²) in [6.07, 6.45) is 4.67. The molecule has 0 saturated carbocycles. The topological polar surface area (TPSA) is 37.4 Å². The second-order valence-corrected chi connectivity index (χ2v) is 4.72. The molecule has 1 fully saturated rings. The Bertz CT molecular complexity index is 351. The summed E-state index contributed by atoms with van der Waals surface area (Å²) in [4.78, 5) is 6.87. The van der Waals surface area contributed by atoms with Crippen LogP contribution in [0.2, 0.25) is 0 Å². The Balaban J connectivity index is 1.97. The van der Waals surface area contributed by atoms with Gasteiger partial charge in [0.2, 0.25) is 0 Å². The molecule has 1 unspecified atom stereocenters. The van der Waals surface area contributed by atoms with Crippen LogP contribution in [0, 0.1) is 0 Å². The van der Waals surface area contributed by atoms with Crippen LogP contribution in [0.25, 0.3) is 0 Å². The van der Waals surface area contributed by atoms with Gasteiger partial charge >= 0.3 is 0 Å². The standard InChI is InChI=1S/C14H23N3O/c1-3-18-13-5-4-8-17(11-13)14-7-6-12(9-15-2)10-16-14/h6-7,10,13,15H,3-5,8-9,11H2,1-2H3. The van der Waals surface area contributed by atoms with E-state index in [1.807, 2.05) is 13.2 Å². The van der Waals surface area contributed by atoms with Crippen LogP contribution in [-0.2, 0) is 11.3 Å². The first-order valence-electron chi connectivity index (χ1n) is 6.79. The summed E-state index contributed by atoms with van der Waals surface area (Å²) in [5.41, 5.74) is 1.22. The number of piperidine rings is 1. The van der Waals surface area contributed by atoms with Gasteiger partial charge in [-0.25, -0.2) is 4.98 Å². The first-order valence-corrected chi connectivity index (χ1v) is 6.79. The van der Waals surface area contributed by atoms with Crippen molar-refractivity contribution in [3.8, 4) is 0 Å². The summed E-state index contributed by atoms with van der Waals surface area (Å²) >= 11 is 0. The SMILES string of the molecule is CCOC1CCCN(c2ccc(CNC)cn2)C1. The van der Waals surface area contributed by atoms with Crippen molar-refractivity contribution in [2.45, 2.75) is 32.4 Å². The molecule has 100 valence electrons. The van der Waals surface area contributed by atoms with Gasteiger partial charge in [-0.15, -0.1) is 0 Å². The van der Waals surface area contributed by atoms with Gasteiger partial charge in [0.05, 0.1) is 6.10 Å². The maximum atomic E-state index is 5.72. The number of hydrogen-bond donors (Lipinski definition) is 1. The van der Waals surface area contributed by atoms with Crippen molar-refractivity contribution < 1.29 is 4.74 Å². The zero-order chi connectivity index (χ0) is 12.8. The average molecular weight is 249 g/mol. The van der Waals surface area contributed by atoms with Gasteiger partial charge in [-0.2, -0.15) is 0 Å². The van der Waals surface area contributed by atoms with E-state index in [0.29, 0.717) is 6.10 Å². The van der Waals surface area contributed by atoms with Gasteiger partial charge in [0, 0.05) is 32.4 Å². The lowest BCUT2D eigenvalue weighted by Crippen LogP contribution is -2.40. The lowest BCUT2D eigenvalue weighted by Gasteiger charge is -2.33. The molecule has 0 aromatic carbocycles. The second kappa shape index (κ2) is 6.71. The third-order valence-electron chi connectivity index (χ3n) is 3.29. The van der Waals surface area contributed by atoms with E-state index in [1.165, 1.54) is 18.4 Å². The van der Waals surface area contributed by atoms with Crippen LogP contribution in [-0.4, -0.2) is 37.8 Å². The first-order chi connectivity index (χ1) is 8.83. The number of hydrogen-bond acceptors (Lipinski definition) is 4. The van der Waals surface area contributed by atoms with Gasteiger partial charge in [-0.1, -0.05) is 6.07 Å². The van der Waals surface area contributed by atoms with Crippen molar-refractivity contribution in [1.29, 1.82) is 0 Å². The van der Waals surface area contributed by atoms with E-state index >= 15 is 0 Å². The van der Waals surface area contributed by atoms with Gasteiger partial charge in [0.15, 0.2) is 0 Å². The Kier molecular flexibility index (Phi) is 4.96. The maximum absolute atomic E-state index is 5.72. The lowest BCUT2D eigenvalue weighted by molar-refractivity contribution is 0.0525. The predicted octanol–water partition coefficient (Wildman–Crippen LogP) is 1.81. The number of nitrogens with one attached hydrogen (secondary N) is 1. The molecule has 1 N–H and O–H groups in total. The van der Waals surface area contributed by atoms with Crippen molar-refractivity contribution in [3.63, 3.8) is 0 Å². The molecule has 2 rings (SSSR count). The minimum Gasteiger partial charge on any atom is -0.377 e. The molecule has 0 spiro atoms. The molecule has 4 heteroatoms. The molecule has 2 heterocycles. The smallest absolute Gasteiger partial charge is 0.128 e. The molecule has 1 atom stereocenters. The van der Waals surface area contributed by atoms with Gasteiger partial charge < -0.3 is 15.0 Å². The summed E-state index contributed by atoms with van der Waals surface area (Å²) in [5, 5.41) is 3.13. The molecule has 0 radical (unpaired) electrons. The van der Waals surface area contributed by atoms with E-state index in [9.17, 15) is 0 Å². The highest BCUT2D eigenvalue weighted by Gasteiger charge is 2.20. The average Bonchev–Trinajstić information content (AvgIpc) is 2.41. The van der Waals surface area contributed by atoms with Crippen molar-refractivity contribution >= 4 is 5.82 Å². The second-order valence-electron chi connectivity index (χ2n) is 4.72. The zero-order valence-electron chi connectivity index (χ0n) is 11.4. The number of ether oxygens (including phenoxy) is 1. The van der Waals surface area contributed by atoms with E-state index in [0.717, 1.165) is 32.1 Å². The van der Waals surface area contributed by atoms with E-state index in [2.05, 4.69) is 34.3 Å². The Hall–Kier alpha value is -1.13. The molecule has 1 aromatic rings. The zero-order valence-corrected chi connectivity index (χ0v) is 11.4. The summed E-state index contributed by atoms with van der Waals surface area (Å²) < 4.78 is 5.72. The maximum Gasteiger partial charge on any atom is 0.128 e. The summed E-state index contributed by atoms with van der Waals surface area (Å²) in [7, 11) is 1.95. The van der Waals surface area contributed by atoms with Crippen LogP contribution < -0.4 is 10.2 Å². The van der Waals surface area contributed by atoms with Gasteiger partial charge in [-0.3, -0.25) is 0 Å². The van der Waals surface area contributed by atoms with Crippen LogP contribution in [0.3, 0.4) is 0 Å². The fourth-order valence-electron chi connectivity index (χ4n) is 2.43. The lowest BCUT2D eigenvalue weighted by atomic mass is 10.1. The molecule has 1 aliphatic rings. The van der Waals surface area contributed by atoms with Crippen LogP contribution in [0.15, 0.2) is 18.3 Å². The van der Waals surface area contributed by atoms with Crippen molar-refractivity contribution in [2.24, 2.45) is 0 Å². The third-order valence-corrected chi connectivity index (χ3v) is 3.29. The molecule has 1 aromatic heterocycles. The van der Waals surface area contributed by atoms with Crippen LogP contribution in [0.1, 0.15) is 25.3 Å². The predicted molar refractivity (Wildman–Crippen MR) is 73.9 cm³/mol. The highest BCUT2D eigenvalue weighted by Crippen LogP contribution is 2.19. The Morgan fingerprint density at radius 3 is 3.06 bits per heavy atom. The van der Waals surface area contributed by atoms with E-state index < -0.39 is 0 Å². The normalized spacial score (nSPS) is 20.1. The minimum absolute atomic E-state index is 0.363. The Labute approximate surface area is 109 Å². The van der Waals surface area contributed by atoms with Crippen molar-refractivity contribution in [3.05, 3.63) is 23.9 Å². The fourth-order valence-corrected chi connectivity index (χ4v) is 2.43. The number of nitrogens with zero attached hydrogens (tertiary/aromatic N) is 2. The molecule has 1 saturated heterocycles. The van der Waals surface area contributed by atoms with Crippen LogP contribution >= 0.6 is 0 Å². The highest BCUT2D eigenvalue weighted by molar-refractivity contribution is 5.40.